The smallest absolute Gasteiger partial charge is 0.267 e. The van der Waals surface area contributed by atoms with E-state index in [0.29, 0.717) is 17.3 Å². The first kappa shape index (κ1) is 13.9. The Kier molecular flexibility index (Phi) is 3.84. The summed E-state index contributed by atoms with van der Waals surface area (Å²) in [5, 5.41) is 4.01. The van der Waals surface area contributed by atoms with Crippen LogP contribution >= 0.6 is 0 Å². The van der Waals surface area contributed by atoms with Crippen molar-refractivity contribution in [2.24, 2.45) is 5.92 Å². The summed E-state index contributed by atoms with van der Waals surface area (Å²) in [6.45, 7) is 2.98. The summed E-state index contributed by atoms with van der Waals surface area (Å²) in [4.78, 5) is 17.7. The van der Waals surface area contributed by atoms with Gasteiger partial charge in [0.2, 0.25) is 0 Å². The van der Waals surface area contributed by atoms with Crippen molar-refractivity contribution in [2.75, 3.05) is 32.4 Å². The number of amides is 1. The van der Waals surface area contributed by atoms with Crippen molar-refractivity contribution in [3.05, 3.63) is 30.0 Å². The van der Waals surface area contributed by atoms with Crippen molar-refractivity contribution in [1.29, 1.82) is 0 Å². The summed E-state index contributed by atoms with van der Waals surface area (Å²) in [5.41, 5.74) is 7.99. The number of benzene rings is 1. The first-order valence-corrected chi connectivity index (χ1v) is 7.47. The van der Waals surface area contributed by atoms with Gasteiger partial charge in [-0.1, -0.05) is 12.1 Å². The molecule has 2 aromatic rings. The minimum Gasteiger partial charge on any atom is -0.397 e. The van der Waals surface area contributed by atoms with E-state index in [2.05, 4.69) is 22.2 Å². The third-order valence-corrected chi connectivity index (χ3v) is 4.32. The highest BCUT2D eigenvalue weighted by molar-refractivity contribution is 6.00. The van der Waals surface area contributed by atoms with E-state index in [0.717, 1.165) is 43.4 Å². The fraction of sp³-hybridized carbons (Fsp3) is 0.438. The van der Waals surface area contributed by atoms with Gasteiger partial charge in [-0.15, -0.1) is 0 Å². The van der Waals surface area contributed by atoms with E-state index in [1.54, 1.807) is 0 Å². The number of para-hydroxylation sites is 1. The average molecular weight is 286 g/mol. The third kappa shape index (κ3) is 3.03. The molecular formula is C16H22N4O. The van der Waals surface area contributed by atoms with Gasteiger partial charge in [-0.25, -0.2) is 0 Å². The average Bonchev–Trinajstić information content (AvgIpc) is 2.92. The van der Waals surface area contributed by atoms with Crippen LogP contribution in [0.2, 0.25) is 0 Å². The molecule has 0 unspecified atom stereocenters. The largest absolute Gasteiger partial charge is 0.397 e. The Morgan fingerprint density at radius 2 is 2.19 bits per heavy atom. The molecule has 0 saturated carbocycles. The molecule has 21 heavy (non-hydrogen) atoms. The molecule has 3 rings (SSSR count). The lowest BCUT2D eigenvalue weighted by atomic mass is 9.97. The molecule has 1 fully saturated rings. The number of rotatable bonds is 3. The predicted octanol–water partition coefficient (Wildman–Crippen LogP) is 1.82. The van der Waals surface area contributed by atoms with Gasteiger partial charge in [0, 0.05) is 11.9 Å². The monoisotopic (exact) mass is 286 g/mol. The van der Waals surface area contributed by atoms with E-state index < -0.39 is 0 Å². The van der Waals surface area contributed by atoms with E-state index in [9.17, 15) is 4.79 Å². The van der Waals surface area contributed by atoms with E-state index in [-0.39, 0.29) is 5.91 Å². The zero-order chi connectivity index (χ0) is 14.8. The maximum atomic E-state index is 12.2. The molecule has 1 aromatic carbocycles. The van der Waals surface area contributed by atoms with Crippen molar-refractivity contribution in [1.82, 2.24) is 15.2 Å². The van der Waals surface area contributed by atoms with Crippen LogP contribution in [0.5, 0.6) is 0 Å². The number of nitrogens with zero attached hydrogens (tertiary/aromatic N) is 1. The molecule has 0 radical (unpaired) electrons. The fourth-order valence-electron chi connectivity index (χ4n) is 2.90. The maximum Gasteiger partial charge on any atom is 0.267 e. The number of carbonyl (C=O) groups is 1. The molecule has 1 aliphatic rings. The Bertz CT molecular complexity index is 641. The maximum absolute atomic E-state index is 12.2. The summed E-state index contributed by atoms with van der Waals surface area (Å²) in [5.74, 6) is 0.532. The summed E-state index contributed by atoms with van der Waals surface area (Å²) in [6, 6.07) is 7.54. The summed E-state index contributed by atoms with van der Waals surface area (Å²) in [7, 11) is 2.14. The molecule has 112 valence electrons. The zero-order valence-corrected chi connectivity index (χ0v) is 12.4. The Morgan fingerprint density at radius 1 is 1.43 bits per heavy atom. The number of aromatic amines is 1. The molecule has 0 aliphatic carbocycles. The second-order valence-corrected chi connectivity index (χ2v) is 5.95. The highest BCUT2D eigenvalue weighted by Gasteiger charge is 2.18. The number of carbonyl (C=O) groups excluding carboxylic acids is 1. The van der Waals surface area contributed by atoms with Crippen LogP contribution in [0.4, 0.5) is 5.69 Å². The standard InChI is InChI=1S/C16H22N4O/c1-20-7-5-11(6-8-20)10-18-16(21)14-9-12-3-2-4-13(17)15(12)19-14/h2-4,9,11,19H,5-8,10,17H2,1H3,(H,18,21). The zero-order valence-electron chi connectivity index (χ0n) is 12.4. The second kappa shape index (κ2) is 5.77. The van der Waals surface area contributed by atoms with E-state index in [4.69, 9.17) is 5.73 Å². The van der Waals surface area contributed by atoms with E-state index in [1.165, 1.54) is 0 Å². The highest BCUT2D eigenvalue weighted by Crippen LogP contribution is 2.21. The van der Waals surface area contributed by atoms with Crippen LogP contribution in [-0.2, 0) is 0 Å². The second-order valence-electron chi connectivity index (χ2n) is 5.95. The Hall–Kier alpha value is -2.01. The van der Waals surface area contributed by atoms with Gasteiger partial charge in [-0.05, 0) is 51.0 Å². The molecule has 0 atom stereocenters. The number of piperidine rings is 1. The number of nitrogen functional groups attached to an aromatic ring is 1. The van der Waals surface area contributed by atoms with Crippen LogP contribution in [0.1, 0.15) is 23.3 Å². The Morgan fingerprint density at radius 3 is 2.90 bits per heavy atom. The number of H-pyrrole nitrogens is 1. The minimum absolute atomic E-state index is 0.0514. The molecule has 0 bridgehead atoms. The first-order valence-electron chi connectivity index (χ1n) is 7.47. The van der Waals surface area contributed by atoms with Gasteiger partial charge >= 0.3 is 0 Å². The number of hydrogen-bond acceptors (Lipinski definition) is 3. The molecule has 5 nitrogen and oxygen atoms in total. The van der Waals surface area contributed by atoms with Crippen LogP contribution in [0.25, 0.3) is 10.9 Å². The van der Waals surface area contributed by atoms with Gasteiger partial charge in [-0.3, -0.25) is 4.79 Å². The summed E-state index contributed by atoms with van der Waals surface area (Å²) < 4.78 is 0. The van der Waals surface area contributed by atoms with Crippen molar-refractivity contribution in [2.45, 2.75) is 12.8 Å². The number of likely N-dealkylation sites (tertiary alicyclic amines) is 1. The fourth-order valence-corrected chi connectivity index (χ4v) is 2.90. The van der Waals surface area contributed by atoms with Gasteiger partial charge in [0.15, 0.2) is 0 Å². The van der Waals surface area contributed by atoms with Gasteiger partial charge < -0.3 is 20.9 Å². The summed E-state index contributed by atoms with van der Waals surface area (Å²) in [6.07, 6.45) is 2.30. The molecule has 0 spiro atoms. The van der Waals surface area contributed by atoms with E-state index >= 15 is 0 Å². The molecule has 2 heterocycles. The molecule has 4 N–H and O–H groups in total. The lowest BCUT2D eigenvalue weighted by Crippen LogP contribution is -2.36. The van der Waals surface area contributed by atoms with E-state index in [1.807, 2.05) is 24.3 Å². The number of nitrogens with two attached hydrogens (primary N) is 1. The van der Waals surface area contributed by atoms with Gasteiger partial charge in [0.25, 0.3) is 5.91 Å². The lowest BCUT2D eigenvalue weighted by molar-refractivity contribution is 0.0935. The van der Waals surface area contributed by atoms with Crippen molar-refractivity contribution in [3.8, 4) is 0 Å². The van der Waals surface area contributed by atoms with Crippen molar-refractivity contribution in [3.63, 3.8) is 0 Å². The quantitative estimate of drug-likeness (QED) is 0.754. The molecule has 5 heteroatoms. The highest BCUT2D eigenvalue weighted by atomic mass is 16.1. The third-order valence-electron chi connectivity index (χ3n) is 4.32. The van der Waals surface area contributed by atoms with Gasteiger partial charge in [0.05, 0.1) is 11.2 Å². The molecular weight excluding hydrogens is 264 g/mol. The minimum atomic E-state index is -0.0514. The first-order chi connectivity index (χ1) is 10.1. The van der Waals surface area contributed by atoms with Crippen molar-refractivity contribution < 1.29 is 4.79 Å². The molecule has 1 aliphatic heterocycles. The SMILES string of the molecule is CN1CCC(CNC(=O)c2cc3cccc(N)c3[nH]2)CC1. The number of nitrogens with one attached hydrogen (secondary N) is 2. The number of aromatic nitrogens is 1. The number of hydrogen-bond donors (Lipinski definition) is 3. The summed E-state index contributed by atoms with van der Waals surface area (Å²) >= 11 is 0. The Balaban J connectivity index is 1.63. The van der Waals surface area contributed by atoms with Crippen LogP contribution in [0, 0.1) is 5.92 Å². The van der Waals surface area contributed by atoms with Crippen LogP contribution in [-0.4, -0.2) is 42.5 Å². The topological polar surface area (TPSA) is 74.2 Å². The molecule has 1 amide bonds. The predicted molar refractivity (Wildman–Crippen MR) is 85.3 cm³/mol. The van der Waals surface area contributed by atoms with Crippen LogP contribution in [0.3, 0.4) is 0 Å². The molecule has 1 aromatic heterocycles. The van der Waals surface area contributed by atoms with Crippen molar-refractivity contribution >= 4 is 22.5 Å². The van der Waals surface area contributed by atoms with Crippen LogP contribution in [0.15, 0.2) is 24.3 Å². The van der Waals surface area contributed by atoms with Gasteiger partial charge in [-0.2, -0.15) is 0 Å². The number of anilines is 1. The Labute approximate surface area is 124 Å². The number of fused-ring (bicyclic) bond motifs is 1. The molecule has 1 saturated heterocycles. The van der Waals surface area contributed by atoms with Crippen LogP contribution < -0.4 is 11.1 Å². The lowest BCUT2D eigenvalue weighted by Gasteiger charge is -2.28. The normalized spacial score (nSPS) is 17.2. The van der Waals surface area contributed by atoms with Gasteiger partial charge in [0.1, 0.15) is 5.69 Å².